The van der Waals surface area contributed by atoms with Gasteiger partial charge < -0.3 is 5.73 Å². The first-order valence-corrected chi connectivity index (χ1v) is 6.21. The third-order valence-electron chi connectivity index (χ3n) is 2.85. The highest BCUT2D eigenvalue weighted by molar-refractivity contribution is 6.30. The van der Waals surface area contributed by atoms with Crippen molar-refractivity contribution in [3.63, 3.8) is 0 Å². The molecule has 0 bridgehead atoms. The maximum atomic E-state index is 13.1. The van der Waals surface area contributed by atoms with Crippen molar-refractivity contribution >= 4 is 17.5 Å². The quantitative estimate of drug-likeness (QED) is 0.866. The van der Waals surface area contributed by atoms with Crippen LogP contribution in [0.3, 0.4) is 0 Å². The Morgan fingerprint density at radius 3 is 2.44 bits per heavy atom. The summed E-state index contributed by atoms with van der Waals surface area (Å²) in [6.45, 7) is 5.70. The van der Waals surface area contributed by atoms with Gasteiger partial charge in [0.2, 0.25) is 5.91 Å². The fourth-order valence-electron chi connectivity index (χ4n) is 1.75. The molecule has 100 valence electrons. The van der Waals surface area contributed by atoms with Gasteiger partial charge in [-0.3, -0.25) is 10.1 Å². The summed E-state index contributed by atoms with van der Waals surface area (Å²) < 4.78 is 13.1. The molecule has 0 spiro atoms. The van der Waals surface area contributed by atoms with E-state index in [9.17, 15) is 9.18 Å². The molecule has 0 aliphatic heterocycles. The number of primary amides is 1. The van der Waals surface area contributed by atoms with Gasteiger partial charge in [0.1, 0.15) is 5.82 Å². The first-order chi connectivity index (χ1) is 8.32. The van der Waals surface area contributed by atoms with Gasteiger partial charge in [0.05, 0.1) is 11.1 Å². The highest BCUT2D eigenvalue weighted by atomic mass is 35.5. The summed E-state index contributed by atoms with van der Waals surface area (Å²) in [4.78, 5) is 11.3. The lowest BCUT2D eigenvalue weighted by atomic mass is 10.0. The van der Waals surface area contributed by atoms with E-state index in [0.29, 0.717) is 0 Å². The number of carbonyl (C=O) groups is 1. The van der Waals surface area contributed by atoms with Crippen molar-refractivity contribution < 1.29 is 9.18 Å². The van der Waals surface area contributed by atoms with Gasteiger partial charge in [-0.1, -0.05) is 31.5 Å². The molecule has 5 heteroatoms. The van der Waals surface area contributed by atoms with Crippen molar-refractivity contribution in [2.45, 2.75) is 32.9 Å². The Balaban J connectivity index is 2.83. The zero-order chi connectivity index (χ0) is 13.9. The van der Waals surface area contributed by atoms with Crippen LogP contribution in [-0.2, 0) is 4.79 Å². The summed E-state index contributed by atoms with van der Waals surface area (Å²) in [6.07, 6.45) is 0. The molecule has 2 unspecified atom stereocenters. The minimum absolute atomic E-state index is 0.0707. The number of nitrogens with two attached hydrogens (primary N) is 1. The third-order valence-corrected chi connectivity index (χ3v) is 3.14. The van der Waals surface area contributed by atoms with Crippen LogP contribution in [0.2, 0.25) is 5.02 Å². The molecule has 0 fully saturated rings. The zero-order valence-electron chi connectivity index (χ0n) is 10.7. The molecule has 18 heavy (non-hydrogen) atoms. The lowest BCUT2D eigenvalue weighted by Gasteiger charge is -2.24. The summed E-state index contributed by atoms with van der Waals surface area (Å²) in [6, 6.07) is 3.93. The molecule has 0 aromatic heterocycles. The molecule has 0 heterocycles. The summed E-state index contributed by atoms with van der Waals surface area (Å²) in [5.41, 5.74) is 6.14. The topological polar surface area (TPSA) is 55.1 Å². The van der Waals surface area contributed by atoms with Gasteiger partial charge in [-0.05, 0) is 30.5 Å². The van der Waals surface area contributed by atoms with E-state index < -0.39 is 17.8 Å². The monoisotopic (exact) mass is 272 g/mol. The summed E-state index contributed by atoms with van der Waals surface area (Å²) in [7, 11) is 0. The van der Waals surface area contributed by atoms with Crippen molar-refractivity contribution in [1.82, 2.24) is 5.32 Å². The first-order valence-electron chi connectivity index (χ1n) is 5.83. The molecule has 0 saturated carbocycles. The normalized spacial score (nSPS) is 14.6. The average molecular weight is 273 g/mol. The molecule has 3 nitrogen and oxygen atoms in total. The second-order valence-electron chi connectivity index (χ2n) is 4.69. The van der Waals surface area contributed by atoms with E-state index in [4.69, 9.17) is 17.3 Å². The molecule has 1 aromatic rings. The largest absolute Gasteiger partial charge is 0.368 e. The molecule has 0 saturated heterocycles. The summed E-state index contributed by atoms with van der Waals surface area (Å²) in [5.74, 6) is -0.770. The van der Waals surface area contributed by atoms with Crippen LogP contribution in [0.15, 0.2) is 18.2 Å². The molecule has 1 amide bonds. The van der Waals surface area contributed by atoms with E-state index in [-0.39, 0.29) is 17.0 Å². The number of nitrogens with one attached hydrogen (secondary N) is 1. The number of hydrogen-bond acceptors (Lipinski definition) is 2. The maximum absolute atomic E-state index is 13.1. The third kappa shape index (κ3) is 3.68. The van der Waals surface area contributed by atoms with E-state index in [1.165, 1.54) is 6.07 Å². The fourth-order valence-corrected chi connectivity index (χ4v) is 1.94. The van der Waals surface area contributed by atoms with Crippen LogP contribution >= 0.6 is 11.6 Å². The van der Waals surface area contributed by atoms with E-state index in [1.54, 1.807) is 12.1 Å². The van der Waals surface area contributed by atoms with Crippen LogP contribution in [0, 0.1) is 11.7 Å². The van der Waals surface area contributed by atoms with Gasteiger partial charge in [0.15, 0.2) is 0 Å². The predicted octanol–water partition coefficient (Wildman–Crippen LogP) is 2.64. The standard InChI is InChI=1S/C13H18ClFN2O/c1-7(2)12(13(16)18)17-8(3)9-4-5-11(15)10(14)6-9/h4-8,12,17H,1-3H3,(H2,16,18). The van der Waals surface area contributed by atoms with E-state index in [0.717, 1.165) is 5.56 Å². The van der Waals surface area contributed by atoms with Crippen LogP contribution < -0.4 is 11.1 Å². The van der Waals surface area contributed by atoms with E-state index >= 15 is 0 Å². The van der Waals surface area contributed by atoms with Gasteiger partial charge >= 0.3 is 0 Å². The highest BCUT2D eigenvalue weighted by Gasteiger charge is 2.22. The lowest BCUT2D eigenvalue weighted by Crippen LogP contribution is -2.45. The number of hydrogen-bond donors (Lipinski definition) is 2. The lowest BCUT2D eigenvalue weighted by molar-refractivity contribution is -0.121. The molecule has 1 rings (SSSR count). The maximum Gasteiger partial charge on any atom is 0.234 e. The van der Waals surface area contributed by atoms with Crippen molar-refractivity contribution in [2.75, 3.05) is 0 Å². The number of carbonyl (C=O) groups excluding carboxylic acids is 1. The van der Waals surface area contributed by atoms with E-state index in [1.807, 2.05) is 20.8 Å². The predicted molar refractivity (Wildman–Crippen MR) is 70.8 cm³/mol. The van der Waals surface area contributed by atoms with Gasteiger partial charge in [-0.2, -0.15) is 0 Å². The molecule has 0 aliphatic rings. The molecule has 0 aliphatic carbocycles. The Bertz CT molecular complexity index is 437. The zero-order valence-corrected chi connectivity index (χ0v) is 11.5. The van der Waals surface area contributed by atoms with Crippen molar-refractivity contribution in [3.8, 4) is 0 Å². The first kappa shape index (κ1) is 14.9. The molecule has 1 aromatic carbocycles. The Kier molecular flexibility index (Phi) is 5.11. The van der Waals surface area contributed by atoms with E-state index in [2.05, 4.69) is 5.32 Å². The van der Waals surface area contributed by atoms with Crippen LogP contribution in [0.1, 0.15) is 32.4 Å². The van der Waals surface area contributed by atoms with Crippen LogP contribution in [0.5, 0.6) is 0 Å². The van der Waals surface area contributed by atoms with Crippen molar-refractivity contribution in [1.29, 1.82) is 0 Å². The molecular weight excluding hydrogens is 255 g/mol. The van der Waals surface area contributed by atoms with Crippen LogP contribution in [-0.4, -0.2) is 11.9 Å². The smallest absolute Gasteiger partial charge is 0.234 e. The molecule has 2 atom stereocenters. The summed E-state index contributed by atoms with van der Waals surface area (Å²) in [5, 5.41) is 3.19. The Labute approximate surface area is 112 Å². The Morgan fingerprint density at radius 2 is 2.00 bits per heavy atom. The molecule has 0 radical (unpaired) electrons. The Hall–Kier alpha value is -1.13. The van der Waals surface area contributed by atoms with Gasteiger partial charge in [0, 0.05) is 6.04 Å². The van der Waals surface area contributed by atoms with Gasteiger partial charge in [-0.25, -0.2) is 4.39 Å². The number of halogens is 2. The highest BCUT2D eigenvalue weighted by Crippen LogP contribution is 2.21. The van der Waals surface area contributed by atoms with Crippen LogP contribution in [0.4, 0.5) is 4.39 Å². The number of rotatable bonds is 5. The minimum atomic E-state index is -0.456. The molecule has 3 N–H and O–H groups in total. The van der Waals surface area contributed by atoms with Gasteiger partial charge in [0.25, 0.3) is 0 Å². The second kappa shape index (κ2) is 6.16. The SMILES string of the molecule is CC(NC(C(N)=O)C(C)C)c1ccc(F)c(Cl)c1. The number of amides is 1. The number of benzene rings is 1. The average Bonchev–Trinajstić information content (AvgIpc) is 2.28. The Morgan fingerprint density at radius 1 is 1.39 bits per heavy atom. The van der Waals surface area contributed by atoms with Crippen LogP contribution in [0.25, 0.3) is 0 Å². The molecular formula is C13H18ClFN2O. The minimum Gasteiger partial charge on any atom is -0.368 e. The van der Waals surface area contributed by atoms with Crippen molar-refractivity contribution in [3.05, 3.63) is 34.6 Å². The fraction of sp³-hybridized carbons (Fsp3) is 0.462. The van der Waals surface area contributed by atoms with Gasteiger partial charge in [-0.15, -0.1) is 0 Å². The second-order valence-corrected chi connectivity index (χ2v) is 5.09. The van der Waals surface area contributed by atoms with Crippen molar-refractivity contribution in [2.24, 2.45) is 11.7 Å². The summed E-state index contributed by atoms with van der Waals surface area (Å²) >= 11 is 5.73.